The second-order valence-electron chi connectivity index (χ2n) is 6.84. The van der Waals surface area contributed by atoms with E-state index in [9.17, 15) is 9.18 Å². The van der Waals surface area contributed by atoms with Gasteiger partial charge in [-0.15, -0.1) is 10.2 Å². The molecule has 10 heteroatoms. The number of hydrogen-bond donors (Lipinski definition) is 0. The largest absolute Gasteiger partial charge is 0.310 e. The van der Waals surface area contributed by atoms with E-state index in [0.29, 0.717) is 37.7 Å². The lowest BCUT2D eigenvalue weighted by Gasteiger charge is -2.31. The SMILES string of the molecule is O=C(C1CCc2nnc(-c3ccc(F)cc3)n2C1)N1CCCn2nnnc21. The molecule has 0 spiro atoms. The number of aromatic nitrogens is 7. The van der Waals surface area contributed by atoms with Crippen molar-refractivity contribution in [1.29, 1.82) is 0 Å². The van der Waals surface area contributed by atoms with Crippen LogP contribution < -0.4 is 4.90 Å². The Kier molecular flexibility index (Phi) is 3.69. The van der Waals surface area contributed by atoms with Crippen molar-refractivity contribution in [3.63, 3.8) is 0 Å². The minimum Gasteiger partial charge on any atom is -0.310 e. The molecule has 0 N–H and O–H groups in total. The predicted molar refractivity (Wildman–Crippen MR) is 92.0 cm³/mol. The molecule has 4 heterocycles. The fraction of sp³-hybridized carbons (Fsp3) is 0.412. The van der Waals surface area contributed by atoms with E-state index in [-0.39, 0.29) is 17.6 Å². The number of amides is 1. The van der Waals surface area contributed by atoms with Crippen LogP contribution in [-0.2, 0) is 24.3 Å². The van der Waals surface area contributed by atoms with Gasteiger partial charge in [0.05, 0.1) is 5.92 Å². The highest BCUT2D eigenvalue weighted by Crippen LogP contribution is 2.28. The Morgan fingerprint density at radius 3 is 2.81 bits per heavy atom. The molecule has 0 radical (unpaired) electrons. The zero-order valence-corrected chi connectivity index (χ0v) is 14.5. The van der Waals surface area contributed by atoms with Crippen molar-refractivity contribution in [2.45, 2.75) is 32.4 Å². The number of tetrazole rings is 1. The van der Waals surface area contributed by atoms with Gasteiger partial charge in [0.2, 0.25) is 5.91 Å². The third-order valence-electron chi connectivity index (χ3n) is 5.17. The number of fused-ring (bicyclic) bond motifs is 2. The van der Waals surface area contributed by atoms with E-state index in [0.717, 1.165) is 24.4 Å². The highest BCUT2D eigenvalue weighted by atomic mass is 19.1. The monoisotopic (exact) mass is 368 g/mol. The number of rotatable bonds is 2. The van der Waals surface area contributed by atoms with Crippen molar-refractivity contribution in [1.82, 2.24) is 35.0 Å². The third kappa shape index (κ3) is 2.68. The normalized spacial score (nSPS) is 18.9. The number of carbonyl (C=O) groups excluding carboxylic acids is 1. The van der Waals surface area contributed by atoms with Crippen LogP contribution in [0.2, 0.25) is 0 Å². The maximum Gasteiger partial charge on any atom is 0.252 e. The first-order valence-corrected chi connectivity index (χ1v) is 8.96. The molecule has 3 aromatic rings. The van der Waals surface area contributed by atoms with E-state index in [1.54, 1.807) is 21.7 Å². The van der Waals surface area contributed by atoms with E-state index in [1.165, 1.54) is 12.1 Å². The number of aryl methyl sites for hydroxylation is 2. The lowest BCUT2D eigenvalue weighted by atomic mass is 9.97. The molecule has 0 fully saturated rings. The molecule has 1 amide bonds. The second-order valence-corrected chi connectivity index (χ2v) is 6.84. The molecule has 0 saturated carbocycles. The fourth-order valence-corrected chi connectivity index (χ4v) is 3.79. The molecule has 0 bridgehead atoms. The van der Waals surface area contributed by atoms with E-state index in [2.05, 4.69) is 25.7 Å². The van der Waals surface area contributed by atoms with Gasteiger partial charge < -0.3 is 4.57 Å². The summed E-state index contributed by atoms with van der Waals surface area (Å²) in [5.41, 5.74) is 0.783. The molecule has 2 aliphatic rings. The molecule has 2 aliphatic heterocycles. The van der Waals surface area contributed by atoms with Crippen LogP contribution in [0, 0.1) is 11.7 Å². The van der Waals surface area contributed by atoms with Gasteiger partial charge in [-0.3, -0.25) is 9.69 Å². The van der Waals surface area contributed by atoms with E-state index in [4.69, 9.17) is 0 Å². The van der Waals surface area contributed by atoms with Crippen molar-refractivity contribution in [2.24, 2.45) is 5.92 Å². The summed E-state index contributed by atoms with van der Waals surface area (Å²) in [5.74, 6) is 1.55. The first kappa shape index (κ1) is 16.0. The van der Waals surface area contributed by atoms with Crippen molar-refractivity contribution in [3.8, 4) is 11.4 Å². The van der Waals surface area contributed by atoms with Crippen molar-refractivity contribution in [2.75, 3.05) is 11.4 Å². The van der Waals surface area contributed by atoms with Crippen LogP contribution in [0.4, 0.5) is 10.3 Å². The van der Waals surface area contributed by atoms with Crippen molar-refractivity contribution in [3.05, 3.63) is 35.9 Å². The van der Waals surface area contributed by atoms with E-state index >= 15 is 0 Å². The maximum absolute atomic E-state index is 13.2. The van der Waals surface area contributed by atoms with Crippen LogP contribution >= 0.6 is 0 Å². The van der Waals surface area contributed by atoms with Gasteiger partial charge in [0.25, 0.3) is 5.95 Å². The van der Waals surface area contributed by atoms with Gasteiger partial charge in [-0.1, -0.05) is 5.10 Å². The fourth-order valence-electron chi connectivity index (χ4n) is 3.79. The van der Waals surface area contributed by atoms with Crippen molar-refractivity contribution >= 4 is 11.9 Å². The summed E-state index contributed by atoms with van der Waals surface area (Å²) < 4.78 is 16.9. The van der Waals surface area contributed by atoms with Gasteiger partial charge in [0.1, 0.15) is 11.6 Å². The average molecular weight is 368 g/mol. The van der Waals surface area contributed by atoms with Gasteiger partial charge in [-0.05, 0) is 47.5 Å². The Morgan fingerprint density at radius 2 is 1.96 bits per heavy atom. The summed E-state index contributed by atoms with van der Waals surface area (Å²) in [6.45, 7) is 1.84. The minimum absolute atomic E-state index is 0.0233. The minimum atomic E-state index is -0.298. The molecule has 138 valence electrons. The number of benzene rings is 1. The molecular weight excluding hydrogens is 351 g/mol. The van der Waals surface area contributed by atoms with E-state index < -0.39 is 0 Å². The number of anilines is 1. The van der Waals surface area contributed by atoms with E-state index in [1.807, 2.05) is 4.57 Å². The number of carbonyl (C=O) groups is 1. The first-order valence-electron chi connectivity index (χ1n) is 8.96. The van der Waals surface area contributed by atoms with Crippen LogP contribution in [0.1, 0.15) is 18.7 Å². The topological polar surface area (TPSA) is 94.6 Å². The van der Waals surface area contributed by atoms with Crippen LogP contribution in [-0.4, -0.2) is 47.4 Å². The van der Waals surface area contributed by atoms with Gasteiger partial charge in [0, 0.05) is 31.6 Å². The summed E-state index contributed by atoms with van der Waals surface area (Å²) in [6.07, 6.45) is 2.21. The smallest absolute Gasteiger partial charge is 0.252 e. The molecule has 27 heavy (non-hydrogen) atoms. The Balaban J connectivity index is 1.42. The van der Waals surface area contributed by atoms with Gasteiger partial charge in [-0.25, -0.2) is 9.07 Å². The second kappa shape index (κ2) is 6.22. The van der Waals surface area contributed by atoms with Crippen LogP contribution in [0.15, 0.2) is 24.3 Å². The molecule has 0 saturated heterocycles. The Morgan fingerprint density at radius 1 is 1.11 bits per heavy atom. The van der Waals surface area contributed by atoms with Crippen molar-refractivity contribution < 1.29 is 9.18 Å². The Labute approximate surface area is 153 Å². The number of hydrogen-bond acceptors (Lipinski definition) is 6. The standard InChI is InChI=1S/C17H17FN8O/c18-13-5-2-11(3-6-13)15-20-19-14-7-4-12(10-25(14)15)16(27)24-8-1-9-26-17(24)21-22-23-26/h2-3,5-6,12H,1,4,7-10H2. The molecule has 1 aromatic carbocycles. The first-order chi connectivity index (χ1) is 13.2. The average Bonchev–Trinajstić information content (AvgIpc) is 3.34. The molecule has 9 nitrogen and oxygen atoms in total. The van der Waals surface area contributed by atoms with Gasteiger partial charge in [-0.2, -0.15) is 0 Å². The lowest BCUT2D eigenvalue weighted by molar-refractivity contribution is -0.123. The maximum atomic E-state index is 13.2. The predicted octanol–water partition coefficient (Wildman–Crippen LogP) is 1.07. The molecule has 1 unspecified atom stereocenters. The summed E-state index contributed by atoms with van der Waals surface area (Å²) >= 11 is 0. The van der Waals surface area contributed by atoms with Crippen LogP contribution in [0.5, 0.6) is 0 Å². The zero-order valence-electron chi connectivity index (χ0n) is 14.5. The van der Waals surface area contributed by atoms with Gasteiger partial charge in [0.15, 0.2) is 5.82 Å². The molecule has 2 aromatic heterocycles. The molecule has 1 atom stereocenters. The number of halogens is 1. The molecule has 0 aliphatic carbocycles. The zero-order chi connectivity index (χ0) is 18.4. The Hall–Kier alpha value is -3.17. The molecular formula is C17H17FN8O. The summed E-state index contributed by atoms with van der Waals surface area (Å²) in [4.78, 5) is 14.8. The summed E-state index contributed by atoms with van der Waals surface area (Å²) in [6, 6.07) is 6.15. The highest BCUT2D eigenvalue weighted by molar-refractivity contribution is 5.93. The Bertz CT molecular complexity index is 995. The van der Waals surface area contributed by atoms with Crippen LogP contribution in [0.3, 0.4) is 0 Å². The third-order valence-corrected chi connectivity index (χ3v) is 5.17. The molecule has 5 rings (SSSR count). The highest BCUT2D eigenvalue weighted by Gasteiger charge is 2.34. The van der Waals surface area contributed by atoms with Crippen LogP contribution in [0.25, 0.3) is 11.4 Å². The van der Waals surface area contributed by atoms with Gasteiger partial charge >= 0.3 is 0 Å². The quantitative estimate of drug-likeness (QED) is 0.672. The lowest BCUT2D eigenvalue weighted by Crippen LogP contribution is -2.44. The summed E-state index contributed by atoms with van der Waals surface area (Å²) in [5, 5.41) is 20.1. The number of nitrogens with zero attached hydrogens (tertiary/aromatic N) is 8. The summed E-state index contributed by atoms with van der Waals surface area (Å²) in [7, 11) is 0.